The minimum Gasteiger partial charge on any atom is -0.292 e. The van der Waals surface area contributed by atoms with Crippen LogP contribution in [0.15, 0.2) is 0 Å². The first-order valence-electron chi connectivity index (χ1n) is 6.97. The molecule has 3 atom stereocenters. The van der Waals surface area contributed by atoms with E-state index in [9.17, 15) is 0 Å². The lowest BCUT2D eigenvalue weighted by molar-refractivity contribution is 0.0235. The van der Waals surface area contributed by atoms with Gasteiger partial charge in [0.25, 0.3) is 0 Å². The van der Waals surface area contributed by atoms with Crippen molar-refractivity contribution < 1.29 is 0 Å². The van der Waals surface area contributed by atoms with Crippen molar-refractivity contribution in [2.75, 3.05) is 0 Å². The van der Waals surface area contributed by atoms with Gasteiger partial charge in [-0.1, -0.05) is 20.8 Å². The Morgan fingerprint density at radius 1 is 1.00 bits per heavy atom. The number of rotatable bonds is 1. The Bertz CT molecular complexity index is 256. The number of likely N-dealkylation sites (tertiary alicyclic amines) is 1. The van der Waals surface area contributed by atoms with Gasteiger partial charge in [0.2, 0.25) is 0 Å². The Hall–Kier alpha value is -0.0400. The van der Waals surface area contributed by atoms with Crippen LogP contribution in [0.25, 0.3) is 0 Å². The lowest BCUT2D eigenvalue weighted by atomic mass is 9.81. The first-order valence-corrected chi connectivity index (χ1v) is 6.97. The summed E-state index contributed by atoms with van der Waals surface area (Å²) in [4.78, 5) is 2.84. The van der Waals surface area contributed by atoms with E-state index in [1.54, 1.807) is 0 Å². The van der Waals surface area contributed by atoms with Crippen LogP contribution in [0.3, 0.4) is 0 Å². The summed E-state index contributed by atoms with van der Waals surface area (Å²) >= 11 is 0. The summed E-state index contributed by atoms with van der Waals surface area (Å²) in [6, 6.07) is 1.73. The van der Waals surface area contributed by atoms with Crippen LogP contribution in [0.4, 0.5) is 0 Å². The second-order valence-corrected chi connectivity index (χ2v) is 8.14. The smallest absolute Gasteiger partial charge is 0.0137 e. The molecule has 0 aromatic carbocycles. The third-order valence-electron chi connectivity index (χ3n) is 4.34. The molecular weight excluding hydrogens is 194 g/mol. The molecule has 2 aliphatic rings. The lowest BCUT2D eigenvalue weighted by Crippen LogP contribution is -2.52. The second kappa shape index (κ2) is 3.73. The molecular formula is C15H29N. The third kappa shape index (κ3) is 2.30. The van der Waals surface area contributed by atoms with Crippen LogP contribution < -0.4 is 0 Å². The summed E-state index contributed by atoms with van der Waals surface area (Å²) < 4.78 is 0. The second-order valence-electron chi connectivity index (χ2n) is 8.14. The molecule has 94 valence electrons. The van der Waals surface area contributed by atoms with Crippen LogP contribution in [0.5, 0.6) is 0 Å². The van der Waals surface area contributed by atoms with E-state index in [-0.39, 0.29) is 0 Å². The van der Waals surface area contributed by atoms with Gasteiger partial charge in [-0.05, 0) is 57.8 Å². The number of hydrogen-bond acceptors (Lipinski definition) is 1. The van der Waals surface area contributed by atoms with Crippen molar-refractivity contribution in [1.82, 2.24) is 4.90 Å². The fraction of sp³-hybridized carbons (Fsp3) is 1.00. The maximum absolute atomic E-state index is 2.84. The van der Waals surface area contributed by atoms with Gasteiger partial charge in [0.1, 0.15) is 0 Å². The average molecular weight is 223 g/mol. The van der Waals surface area contributed by atoms with E-state index >= 15 is 0 Å². The maximum atomic E-state index is 2.84. The standard InChI is InChI=1S/C15H29N/c1-14(2,3)10-13-11-7-8-12(9-11)16(13)15(4,5)6/h11-13H,7-10H2,1-6H3. The molecule has 0 aromatic heterocycles. The summed E-state index contributed by atoms with van der Waals surface area (Å²) in [6.45, 7) is 14.3. The van der Waals surface area contributed by atoms with E-state index in [1.807, 2.05) is 0 Å². The van der Waals surface area contributed by atoms with Gasteiger partial charge >= 0.3 is 0 Å². The molecule has 0 radical (unpaired) electrons. The lowest BCUT2D eigenvalue weighted by Gasteiger charge is -2.46. The highest BCUT2D eigenvalue weighted by molar-refractivity contribution is 5.04. The predicted octanol–water partition coefficient (Wildman–Crippen LogP) is 4.07. The van der Waals surface area contributed by atoms with E-state index in [1.165, 1.54) is 25.7 Å². The molecule has 0 spiro atoms. The van der Waals surface area contributed by atoms with Gasteiger partial charge in [-0.3, -0.25) is 4.90 Å². The SMILES string of the molecule is CC(C)(C)CC1C2CCC(C2)N1C(C)(C)C. The van der Waals surface area contributed by atoms with Crippen LogP contribution in [-0.2, 0) is 0 Å². The fourth-order valence-electron chi connectivity index (χ4n) is 4.03. The quantitative estimate of drug-likeness (QED) is 0.647. The molecule has 1 aliphatic heterocycles. The van der Waals surface area contributed by atoms with Crippen molar-refractivity contribution in [1.29, 1.82) is 0 Å². The minimum absolute atomic E-state index is 0.357. The number of hydrogen-bond donors (Lipinski definition) is 0. The predicted molar refractivity (Wildman–Crippen MR) is 70.6 cm³/mol. The summed E-state index contributed by atoms with van der Waals surface area (Å²) in [5.74, 6) is 0.989. The normalized spacial score (nSPS) is 36.0. The fourth-order valence-corrected chi connectivity index (χ4v) is 4.03. The van der Waals surface area contributed by atoms with E-state index in [4.69, 9.17) is 0 Å². The maximum Gasteiger partial charge on any atom is 0.0137 e. The van der Waals surface area contributed by atoms with Crippen molar-refractivity contribution in [3.05, 3.63) is 0 Å². The van der Waals surface area contributed by atoms with Crippen molar-refractivity contribution in [2.24, 2.45) is 11.3 Å². The molecule has 1 saturated heterocycles. The molecule has 2 rings (SSSR count). The van der Waals surface area contributed by atoms with Gasteiger partial charge in [0.15, 0.2) is 0 Å². The number of fused-ring (bicyclic) bond motifs is 2. The molecule has 3 unspecified atom stereocenters. The Kier molecular flexibility index (Phi) is 2.89. The Morgan fingerprint density at radius 2 is 1.62 bits per heavy atom. The molecule has 0 aromatic rings. The molecule has 2 fully saturated rings. The van der Waals surface area contributed by atoms with Crippen LogP contribution in [0, 0.1) is 11.3 Å². The zero-order valence-electron chi connectivity index (χ0n) is 12.0. The van der Waals surface area contributed by atoms with Gasteiger partial charge in [-0.15, -0.1) is 0 Å². The number of piperidine rings is 1. The van der Waals surface area contributed by atoms with E-state index in [0.29, 0.717) is 11.0 Å². The molecule has 2 bridgehead atoms. The Balaban J connectivity index is 2.16. The van der Waals surface area contributed by atoms with Crippen molar-refractivity contribution in [2.45, 2.75) is 84.8 Å². The summed E-state index contributed by atoms with van der Waals surface area (Å²) in [7, 11) is 0. The van der Waals surface area contributed by atoms with Crippen LogP contribution in [-0.4, -0.2) is 22.5 Å². The van der Waals surface area contributed by atoms with Crippen molar-refractivity contribution in [3.8, 4) is 0 Å². The largest absolute Gasteiger partial charge is 0.292 e. The first kappa shape index (κ1) is 12.4. The van der Waals surface area contributed by atoms with Gasteiger partial charge in [0, 0.05) is 17.6 Å². The molecule has 1 nitrogen and oxygen atoms in total. The summed E-state index contributed by atoms with van der Waals surface area (Å²) in [5, 5.41) is 0. The zero-order chi connectivity index (χ0) is 12.1. The Morgan fingerprint density at radius 3 is 2.12 bits per heavy atom. The monoisotopic (exact) mass is 223 g/mol. The van der Waals surface area contributed by atoms with Crippen molar-refractivity contribution in [3.63, 3.8) is 0 Å². The molecule has 0 N–H and O–H groups in total. The molecule has 1 heterocycles. The van der Waals surface area contributed by atoms with E-state index in [2.05, 4.69) is 46.4 Å². The van der Waals surface area contributed by atoms with E-state index < -0.39 is 0 Å². The van der Waals surface area contributed by atoms with Gasteiger partial charge in [-0.2, -0.15) is 0 Å². The van der Waals surface area contributed by atoms with Crippen LogP contribution >= 0.6 is 0 Å². The van der Waals surface area contributed by atoms with Gasteiger partial charge in [-0.25, -0.2) is 0 Å². The van der Waals surface area contributed by atoms with E-state index in [0.717, 1.165) is 18.0 Å². The van der Waals surface area contributed by atoms with Gasteiger partial charge < -0.3 is 0 Å². The molecule has 0 amide bonds. The summed E-state index contributed by atoms with van der Waals surface area (Å²) in [5.41, 5.74) is 0.828. The van der Waals surface area contributed by atoms with Crippen molar-refractivity contribution >= 4 is 0 Å². The molecule has 1 heteroatoms. The highest BCUT2D eigenvalue weighted by Crippen LogP contribution is 2.48. The number of nitrogens with zero attached hydrogens (tertiary/aromatic N) is 1. The first-order chi connectivity index (χ1) is 7.18. The summed E-state index contributed by atoms with van der Waals surface area (Å²) in [6.07, 6.45) is 5.77. The highest BCUT2D eigenvalue weighted by Gasteiger charge is 2.50. The average Bonchev–Trinajstić information content (AvgIpc) is 2.57. The topological polar surface area (TPSA) is 3.24 Å². The molecule has 1 aliphatic carbocycles. The van der Waals surface area contributed by atoms with Gasteiger partial charge in [0.05, 0.1) is 0 Å². The molecule has 16 heavy (non-hydrogen) atoms. The highest BCUT2D eigenvalue weighted by atomic mass is 15.3. The van der Waals surface area contributed by atoms with Crippen LogP contribution in [0.1, 0.15) is 67.2 Å². The Labute approximate surface area is 102 Å². The third-order valence-corrected chi connectivity index (χ3v) is 4.34. The molecule has 1 saturated carbocycles. The zero-order valence-corrected chi connectivity index (χ0v) is 12.0. The van der Waals surface area contributed by atoms with Crippen LogP contribution in [0.2, 0.25) is 0 Å². The minimum atomic E-state index is 0.357.